The van der Waals surface area contributed by atoms with Crippen molar-refractivity contribution in [2.24, 2.45) is 0 Å². The van der Waals surface area contributed by atoms with E-state index in [0.29, 0.717) is 18.1 Å². The SMILES string of the molecule is Cc1ccsc1CNC(=O)NCc1ccc(Cl)cc1. The van der Waals surface area contributed by atoms with Crippen molar-refractivity contribution < 1.29 is 4.79 Å². The molecule has 0 aliphatic carbocycles. The highest BCUT2D eigenvalue weighted by molar-refractivity contribution is 7.10. The molecule has 5 heteroatoms. The molecule has 100 valence electrons. The van der Waals surface area contributed by atoms with Gasteiger partial charge in [-0.25, -0.2) is 4.79 Å². The van der Waals surface area contributed by atoms with Crippen molar-refractivity contribution in [1.29, 1.82) is 0 Å². The lowest BCUT2D eigenvalue weighted by molar-refractivity contribution is 0.240. The van der Waals surface area contributed by atoms with E-state index < -0.39 is 0 Å². The molecule has 0 bridgehead atoms. The molecule has 3 nitrogen and oxygen atoms in total. The van der Waals surface area contributed by atoms with Crippen molar-refractivity contribution in [2.75, 3.05) is 0 Å². The maximum Gasteiger partial charge on any atom is 0.315 e. The third-order valence-electron chi connectivity index (χ3n) is 2.74. The van der Waals surface area contributed by atoms with Crippen LogP contribution < -0.4 is 10.6 Å². The molecule has 0 atom stereocenters. The summed E-state index contributed by atoms with van der Waals surface area (Å²) in [4.78, 5) is 12.8. The van der Waals surface area contributed by atoms with E-state index in [9.17, 15) is 4.79 Å². The highest BCUT2D eigenvalue weighted by Crippen LogP contribution is 2.14. The van der Waals surface area contributed by atoms with Gasteiger partial charge in [0.2, 0.25) is 0 Å². The molecule has 1 heterocycles. The minimum atomic E-state index is -0.164. The summed E-state index contributed by atoms with van der Waals surface area (Å²) in [6, 6.07) is 9.30. The zero-order chi connectivity index (χ0) is 13.7. The molecular formula is C14H15ClN2OS. The lowest BCUT2D eigenvalue weighted by Crippen LogP contribution is -2.34. The van der Waals surface area contributed by atoms with Gasteiger partial charge in [-0.1, -0.05) is 23.7 Å². The molecule has 0 saturated carbocycles. The molecule has 19 heavy (non-hydrogen) atoms. The summed E-state index contributed by atoms with van der Waals surface area (Å²) in [5, 5.41) is 8.38. The van der Waals surface area contributed by atoms with Crippen LogP contribution in [-0.4, -0.2) is 6.03 Å². The molecule has 1 aromatic carbocycles. The predicted molar refractivity (Wildman–Crippen MR) is 79.6 cm³/mol. The van der Waals surface area contributed by atoms with Gasteiger partial charge >= 0.3 is 6.03 Å². The van der Waals surface area contributed by atoms with Gasteiger partial charge in [0, 0.05) is 16.4 Å². The van der Waals surface area contributed by atoms with Crippen LogP contribution in [0.15, 0.2) is 35.7 Å². The molecule has 0 spiro atoms. The highest BCUT2D eigenvalue weighted by Gasteiger charge is 2.03. The van der Waals surface area contributed by atoms with Crippen molar-refractivity contribution in [3.63, 3.8) is 0 Å². The number of urea groups is 1. The molecular weight excluding hydrogens is 280 g/mol. The third-order valence-corrected chi connectivity index (χ3v) is 4.02. The van der Waals surface area contributed by atoms with E-state index in [1.165, 1.54) is 10.4 Å². The highest BCUT2D eigenvalue weighted by atomic mass is 35.5. The quantitative estimate of drug-likeness (QED) is 0.887. The Labute approximate surface area is 121 Å². The first-order valence-corrected chi connectivity index (χ1v) is 7.20. The fourth-order valence-corrected chi connectivity index (χ4v) is 2.56. The molecule has 1 aromatic heterocycles. The normalized spacial score (nSPS) is 10.2. The number of carbonyl (C=O) groups excluding carboxylic acids is 1. The lowest BCUT2D eigenvalue weighted by Gasteiger charge is -2.07. The summed E-state index contributed by atoms with van der Waals surface area (Å²) >= 11 is 7.45. The van der Waals surface area contributed by atoms with E-state index in [2.05, 4.69) is 10.6 Å². The number of carbonyl (C=O) groups is 1. The third kappa shape index (κ3) is 4.26. The summed E-state index contributed by atoms with van der Waals surface area (Å²) in [5.41, 5.74) is 2.23. The van der Waals surface area contributed by atoms with E-state index in [4.69, 9.17) is 11.6 Å². The van der Waals surface area contributed by atoms with Gasteiger partial charge in [-0.2, -0.15) is 0 Å². The molecule has 0 unspecified atom stereocenters. The Kier molecular flexibility index (Phi) is 4.82. The molecule has 0 fully saturated rings. The van der Waals surface area contributed by atoms with Gasteiger partial charge in [0.05, 0.1) is 6.54 Å². The first kappa shape index (κ1) is 13.9. The first-order valence-electron chi connectivity index (χ1n) is 5.94. The van der Waals surface area contributed by atoms with E-state index in [0.717, 1.165) is 5.56 Å². The zero-order valence-corrected chi connectivity index (χ0v) is 12.1. The lowest BCUT2D eigenvalue weighted by atomic mass is 10.2. The number of nitrogens with one attached hydrogen (secondary N) is 2. The van der Waals surface area contributed by atoms with Crippen LogP contribution in [0, 0.1) is 6.92 Å². The van der Waals surface area contributed by atoms with Crippen LogP contribution in [0.1, 0.15) is 16.0 Å². The summed E-state index contributed by atoms with van der Waals surface area (Å²) in [7, 11) is 0. The second-order valence-electron chi connectivity index (χ2n) is 4.19. The number of benzene rings is 1. The first-order chi connectivity index (χ1) is 9.15. The Morgan fingerprint density at radius 3 is 2.47 bits per heavy atom. The van der Waals surface area contributed by atoms with Crippen LogP contribution in [-0.2, 0) is 13.1 Å². The molecule has 2 aromatic rings. The minimum absolute atomic E-state index is 0.164. The van der Waals surface area contributed by atoms with Crippen molar-refractivity contribution in [3.8, 4) is 0 Å². The Morgan fingerprint density at radius 1 is 1.16 bits per heavy atom. The number of rotatable bonds is 4. The van der Waals surface area contributed by atoms with Crippen LogP contribution in [0.5, 0.6) is 0 Å². The molecule has 0 saturated heterocycles. The van der Waals surface area contributed by atoms with Gasteiger partial charge < -0.3 is 10.6 Å². The number of hydrogen-bond donors (Lipinski definition) is 2. The molecule has 2 N–H and O–H groups in total. The van der Waals surface area contributed by atoms with Gasteiger partial charge in [0.25, 0.3) is 0 Å². The van der Waals surface area contributed by atoms with Crippen LogP contribution in [0.2, 0.25) is 5.02 Å². The van der Waals surface area contributed by atoms with Crippen LogP contribution >= 0.6 is 22.9 Å². The van der Waals surface area contributed by atoms with E-state index in [-0.39, 0.29) is 6.03 Å². The average Bonchev–Trinajstić information content (AvgIpc) is 2.81. The van der Waals surface area contributed by atoms with Crippen LogP contribution in [0.4, 0.5) is 4.79 Å². The topological polar surface area (TPSA) is 41.1 Å². The number of thiophene rings is 1. The summed E-state index contributed by atoms with van der Waals surface area (Å²) in [6.07, 6.45) is 0. The van der Waals surface area contributed by atoms with Gasteiger partial charge in [0.1, 0.15) is 0 Å². The van der Waals surface area contributed by atoms with E-state index in [1.807, 2.05) is 42.6 Å². The standard InChI is InChI=1S/C14H15ClN2OS/c1-10-6-7-19-13(10)9-17-14(18)16-8-11-2-4-12(15)5-3-11/h2-7H,8-9H2,1H3,(H2,16,17,18). The van der Waals surface area contributed by atoms with Gasteiger partial charge in [-0.15, -0.1) is 11.3 Å². The molecule has 2 amide bonds. The van der Waals surface area contributed by atoms with Crippen molar-refractivity contribution in [3.05, 3.63) is 56.7 Å². The van der Waals surface area contributed by atoms with Crippen molar-refractivity contribution in [2.45, 2.75) is 20.0 Å². The largest absolute Gasteiger partial charge is 0.334 e. The smallest absolute Gasteiger partial charge is 0.315 e. The zero-order valence-electron chi connectivity index (χ0n) is 10.6. The molecule has 2 rings (SSSR count). The summed E-state index contributed by atoms with van der Waals surface area (Å²) in [6.45, 7) is 3.10. The van der Waals surface area contributed by atoms with Crippen molar-refractivity contribution >= 4 is 29.0 Å². The fraction of sp³-hybridized carbons (Fsp3) is 0.214. The summed E-state index contributed by atoms with van der Waals surface area (Å²) in [5.74, 6) is 0. The van der Waals surface area contributed by atoms with Crippen LogP contribution in [0.3, 0.4) is 0 Å². The Balaban J connectivity index is 1.76. The second-order valence-corrected chi connectivity index (χ2v) is 5.63. The van der Waals surface area contributed by atoms with Crippen LogP contribution in [0.25, 0.3) is 0 Å². The molecule has 0 aliphatic heterocycles. The van der Waals surface area contributed by atoms with E-state index >= 15 is 0 Å². The molecule has 0 radical (unpaired) electrons. The second kappa shape index (κ2) is 6.59. The predicted octanol–water partition coefficient (Wildman–Crippen LogP) is 3.71. The minimum Gasteiger partial charge on any atom is -0.334 e. The maximum atomic E-state index is 11.6. The monoisotopic (exact) mass is 294 g/mol. The number of amides is 2. The molecule has 0 aliphatic rings. The Morgan fingerprint density at radius 2 is 1.84 bits per heavy atom. The number of aryl methyl sites for hydroxylation is 1. The fourth-order valence-electron chi connectivity index (χ4n) is 1.59. The van der Waals surface area contributed by atoms with Gasteiger partial charge in [0.15, 0.2) is 0 Å². The summed E-state index contributed by atoms with van der Waals surface area (Å²) < 4.78 is 0. The number of hydrogen-bond acceptors (Lipinski definition) is 2. The maximum absolute atomic E-state index is 11.6. The Bertz CT molecular complexity index is 551. The van der Waals surface area contributed by atoms with E-state index in [1.54, 1.807) is 11.3 Å². The van der Waals surface area contributed by atoms with Crippen molar-refractivity contribution in [1.82, 2.24) is 10.6 Å². The average molecular weight is 295 g/mol. The van der Waals surface area contributed by atoms with Gasteiger partial charge in [-0.3, -0.25) is 0 Å². The number of halogens is 1. The Hall–Kier alpha value is -1.52. The van der Waals surface area contributed by atoms with Gasteiger partial charge in [-0.05, 0) is 41.6 Å².